The predicted octanol–water partition coefficient (Wildman–Crippen LogP) is 6.41. The summed E-state index contributed by atoms with van der Waals surface area (Å²) in [6.45, 7) is 0. The molecule has 2 heterocycles. The number of benzene rings is 4. The van der Waals surface area contributed by atoms with E-state index in [2.05, 4.69) is 57.7 Å². The predicted molar refractivity (Wildman–Crippen MR) is 134 cm³/mol. The monoisotopic (exact) mass is 414 g/mol. The van der Waals surface area contributed by atoms with E-state index in [9.17, 15) is 0 Å². The summed E-state index contributed by atoms with van der Waals surface area (Å²) in [5.41, 5.74) is 21.1. The lowest BCUT2D eigenvalue weighted by molar-refractivity contribution is 1.07. The number of para-hydroxylation sites is 4. The number of nitrogen functional groups attached to an aromatic ring is 2. The summed E-state index contributed by atoms with van der Waals surface area (Å²) in [6.07, 6.45) is 0. The molecule has 0 fully saturated rings. The Balaban J connectivity index is 1.82. The van der Waals surface area contributed by atoms with Gasteiger partial charge in [0.15, 0.2) is 0 Å². The van der Waals surface area contributed by atoms with Crippen LogP contribution in [0.1, 0.15) is 0 Å². The number of anilines is 2. The van der Waals surface area contributed by atoms with E-state index in [1.54, 1.807) is 0 Å². The largest absolute Gasteiger partial charge is 0.396 e. The van der Waals surface area contributed by atoms with Crippen LogP contribution < -0.4 is 11.5 Å². The minimum Gasteiger partial charge on any atom is -0.396 e. The van der Waals surface area contributed by atoms with Crippen LogP contribution in [0.5, 0.6) is 0 Å². The number of hydrogen-bond donors (Lipinski definition) is 2. The van der Waals surface area contributed by atoms with Crippen molar-refractivity contribution >= 4 is 33.2 Å². The highest BCUT2D eigenvalue weighted by Crippen LogP contribution is 2.45. The van der Waals surface area contributed by atoms with Gasteiger partial charge >= 0.3 is 0 Å². The lowest BCUT2D eigenvalue weighted by atomic mass is 10.1. The number of aromatic nitrogens is 2. The normalized spacial score (nSPS) is 11.4. The van der Waals surface area contributed by atoms with Crippen molar-refractivity contribution < 1.29 is 0 Å². The van der Waals surface area contributed by atoms with Gasteiger partial charge in [0.05, 0.1) is 33.8 Å². The van der Waals surface area contributed by atoms with Crippen LogP contribution in [-0.2, 0) is 0 Å². The van der Waals surface area contributed by atoms with Gasteiger partial charge in [-0.15, -0.1) is 0 Å². The maximum Gasteiger partial charge on any atom is 0.0964 e. The first kappa shape index (κ1) is 18.3. The first-order valence-electron chi connectivity index (χ1n) is 10.6. The second kappa shape index (κ2) is 7.06. The molecule has 4 aromatic carbocycles. The van der Waals surface area contributed by atoms with Crippen LogP contribution in [-0.4, -0.2) is 9.13 Å². The van der Waals surface area contributed by atoms with Gasteiger partial charge < -0.3 is 20.6 Å². The Bertz CT molecular complexity index is 1450. The Morgan fingerprint density at radius 1 is 0.406 bits per heavy atom. The van der Waals surface area contributed by atoms with Gasteiger partial charge in [0.1, 0.15) is 0 Å². The maximum atomic E-state index is 6.86. The molecule has 0 saturated heterocycles. The average Bonchev–Trinajstić information content (AvgIpc) is 3.31. The quantitative estimate of drug-likeness (QED) is 0.352. The van der Waals surface area contributed by atoms with E-state index in [1.807, 2.05) is 60.7 Å². The van der Waals surface area contributed by atoms with E-state index in [-0.39, 0.29) is 0 Å². The van der Waals surface area contributed by atoms with E-state index in [0.717, 1.165) is 55.9 Å². The molecule has 2 aromatic heterocycles. The van der Waals surface area contributed by atoms with Crippen LogP contribution in [0.25, 0.3) is 44.6 Å². The molecule has 0 aliphatic carbocycles. The zero-order valence-electron chi connectivity index (χ0n) is 17.4. The van der Waals surface area contributed by atoms with Crippen LogP contribution in [0.3, 0.4) is 0 Å². The average molecular weight is 415 g/mol. The first-order chi connectivity index (χ1) is 15.8. The SMILES string of the molecule is Nc1c(-c2c(N)c3ccccc3n2-c2ccccc2)n(-c2ccccc2)c2ccccc12. The molecule has 0 radical (unpaired) electrons. The summed E-state index contributed by atoms with van der Waals surface area (Å²) in [4.78, 5) is 0. The van der Waals surface area contributed by atoms with Gasteiger partial charge in [-0.1, -0.05) is 72.8 Å². The molecular formula is C28H22N4. The number of rotatable bonds is 3. The summed E-state index contributed by atoms with van der Waals surface area (Å²) >= 11 is 0. The van der Waals surface area contributed by atoms with Crippen molar-refractivity contribution in [3.05, 3.63) is 109 Å². The third-order valence-corrected chi connectivity index (χ3v) is 6.08. The fourth-order valence-electron chi connectivity index (χ4n) is 4.69. The number of nitrogens with zero attached hydrogens (tertiary/aromatic N) is 2. The van der Waals surface area contributed by atoms with Crippen molar-refractivity contribution in [2.24, 2.45) is 0 Å². The fraction of sp³-hybridized carbons (Fsp3) is 0. The molecule has 0 spiro atoms. The molecule has 0 saturated carbocycles. The molecule has 6 rings (SSSR count). The summed E-state index contributed by atoms with van der Waals surface area (Å²) < 4.78 is 4.43. The van der Waals surface area contributed by atoms with E-state index in [1.165, 1.54) is 0 Å². The van der Waals surface area contributed by atoms with E-state index in [0.29, 0.717) is 0 Å². The fourth-order valence-corrected chi connectivity index (χ4v) is 4.69. The zero-order chi connectivity index (χ0) is 21.7. The van der Waals surface area contributed by atoms with E-state index >= 15 is 0 Å². The minimum atomic E-state index is 0.719. The maximum absolute atomic E-state index is 6.86. The van der Waals surface area contributed by atoms with Crippen molar-refractivity contribution in [2.75, 3.05) is 11.5 Å². The summed E-state index contributed by atoms with van der Waals surface area (Å²) in [6, 6.07) is 37.1. The van der Waals surface area contributed by atoms with Gasteiger partial charge in [-0.05, 0) is 36.4 Å². The molecule has 0 atom stereocenters. The highest BCUT2D eigenvalue weighted by molar-refractivity contribution is 6.09. The molecule has 4 N–H and O–H groups in total. The lowest BCUT2D eigenvalue weighted by Crippen LogP contribution is -2.05. The van der Waals surface area contributed by atoms with Crippen molar-refractivity contribution in [2.45, 2.75) is 0 Å². The third kappa shape index (κ3) is 2.56. The molecule has 0 unspecified atom stereocenters. The molecule has 0 aliphatic heterocycles. The summed E-state index contributed by atoms with van der Waals surface area (Å²) in [5.74, 6) is 0. The molecule has 32 heavy (non-hydrogen) atoms. The molecule has 0 bridgehead atoms. The standard InChI is InChI=1S/C28H22N4/c29-25-21-15-7-9-17-23(21)31(19-11-3-1-4-12-19)27(25)28-26(30)22-16-8-10-18-24(22)32(28)20-13-5-2-6-14-20/h1-18H,29-30H2. The smallest absolute Gasteiger partial charge is 0.0964 e. The Labute approximate surface area is 185 Å². The Hall–Kier alpha value is -4.44. The topological polar surface area (TPSA) is 61.9 Å². The van der Waals surface area contributed by atoms with Gasteiger partial charge in [0, 0.05) is 22.1 Å². The van der Waals surface area contributed by atoms with Gasteiger partial charge in [-0.3, -0.25) is 0 Å². The molecule has 0 aliphatic rings. The first-order valence-corrected chi connectivity index (χ1v) is 10.6. The zero-order valence-corrected chi connectivity index (χ0v) is 17.4. The summed E-state index contributed by atoms with van der Waals surface area (Å²) in [5, 5.41) is 2.02. The van der Waals surface area contributed by atoms with Crippen molar-refractivity contribution in [3.8, 4) is 22.8 Å². The summed E-state index contributed by atoms with van der Waals surface area (Å²) in [7, 11) is 0. The molecule has 154 valence electrons. The highest BCUT2D eigenvalue weighted by atomic mass is 15.1. The van der Waals surface area contributed by atoms with Gasteiger partial charge in [0.2, 0.25) is 0 Å². The second-order valence-electron chi connectivity index (χ2n) is 7.90. The van der Waals surface area contributed by atoms with Crippen LogP contribution in [0.15, 0.2) is 109 Å². The Kier molecular flexibility index (Phi) is 4.05. The van der Waals surface area contributed by atoms with Crippen LogP contribution >= 0.6 is 0 Å². The van der Waals surface area contributed by atoms with Crippen LogP contribution in [0.4, 0.5) is 11.4 Å². The second-order valence-corrected chi connectivity index (χ2v) is 7.90. The Morgan fingerprint density at radius 2 is 0.750 bits per heavy atom. The van der Waals surface area contributed by atoms with E-state index < -0.39 is 0 Å². The van der Waals surface area contributed by atoms with E-state index in [4.69, 9.17) is 11.5 Å². The van der Waals surface area contributed by atoms with Crippen molar-refractivity contribution in [1.29, 1.82) is 0 Å². The molecular weight excluding hydrogens is 392 g/mol. The lowest BCUT2D eigenvalue weighted by Gasteiger charge is -2.16. The molecule has 0 amide bonds. The van der Waals surface area contributed by atoms with Gasteiger partial charge in [-0.2, -0.15) is 0 Å². The van der Waals surface area contributed by atoms with Crippen molar-refractivity contribution in [1.82, 2.24) is 9.13 Å². The van der Waals surface area contributed by atoms with Gasteiger partial charge in [0.25, 0.3) is 0 Å². The van der Waals surface area contributed by atoms with Crippen LogP contribution in [0, 0.1) is 0 Å². The molecule has 4 nitrogen and oxygen atoms in total. The van der Waals surface area contributed by atoms with Crippen LogP contribution in [0.2, 0.25) is 0 Å². The van der Waals surface area contributed by atoms with Crippen molar-refractivity contribution in [3.63, 3.8) is 0 Å². The van der Waals surface area contributed by atoms with Gasteiger partial charge in [-0.25, -0.2) is 0 Å². The number of hydrogen-bond acceptors (Lipinski definition) is 2. The molecule has 6 aromatic rings. The highest BCUT2D eigenvalue weighted by Gasteiger charge is 2.25. The number of fused-ring (bicyclic) bond motifs is 2. The third-order valence-electron chi connectivity index (χ3n) is 6.08. The number of nitrogens with two attached hydrogens (primary N) is 2. The molecule has 4 heteroatoms. The minimum absolute atomic E-state index is 0.719. The Morgan fingerprint density at radius 3 is 1.16 bits per heavy atom.